The van der Waals surface area contributed by atoms with E-state index in [1.807, 2.05) is 0 Å². The van der Waals surface area contributed by atoms with E-state index in [2.05, 4.69) is 15.9 Å². The van der Waals surface area contributed by atoms with Crippen molar-refractivity contribution in [2.45, 2.75) is 6.42 Å². The lowest BCUT2D eigenvalue weighted by Crippen LogP contribution is -2.03. The molecule has 1 rings (SSSR count). The minimum absolute atomic E-state index is 0.0409. The maximum atomic E-state index is 13.1. The standard InChI is InChI=1S/C8H5BrF2O2/c9-7-5(10)2-1-4(8(7)11)3-6(12)13/h1-2H,3H2,(H,12,13). The van der Waals surface area contributed by atoms with Crippen LogP contribution in [0.3, 0.4) is 0 Å². The van der Waals surface area contributed by atoms with Gasteiger partial charge >= 0.3 is 5.97 Å². The summed E-state index contributed by atoms with van der Waals surface area (Å²) >= 11 is 2.68. The first kappa shape index (κ1) is 10.1. The molecule has 5 heteroatoms. The minimum Gasteiger partial charge on any atom is -0.481 e. The van der Waals surface area contributed by atoms with Crippen LogP contribution in [0.25, 0.3) is 0 Å². The maximum Gasteiger partial charge on any atom is 0.307 e. The van der Waals surface area contributed by atoms with E-state index in [1.165, 1.54) is 0 Å². The van der Waals surface area contributed by atoms with Crippen LogP contribution in [-0.4, -0.2) is 11.1 Å². The van der Waals surface area contributed by atoms with Gasteiger partial charge in [-0.05, 0) is 22.0 Å². The van der Waals surface area contributed by atoms with Crippen molar-refractivity contribution >= 4 is 21.9 Å². The molecule has 0 aliphatic heterocycles. The van der Waals surface area contributed by atoms with E-state index in [4.69, 9.17) is 5.11 Å². The van der Waals surface area contributed by atoms with Crippen molar-refractivity contribution in [1.82, 2.24) is 0 Å². The third-order valence-corrected chi connectivity index (χ3v) is 2.18. The van der Waals surface area contributed by atoms with Gasteiger partial charge in [-0.25, -0.2) is 8.78 Å². The molecule has 0 fully saturated rings. The summed E-state index contributed by atoms with van der Waals surface area (Å²) in [5.74, 6) is -2.76. The molecule has 0 spiro atoms. The Balaban J connectivity index is 3.10. The van der Waals surface area contributed by atoms with Crippen LogP contribution < -0.4 is 0 Å². The van der Waals surface area contributed by atoms with Crippen molar-refractivity contribution < 1.29 is 18.7 Å². The molecule has 0 aliphatic rings. The Labute approximate surface area is 81.3 Å². The predicted octanol–water partition coefficient (Wildman–Crippen LogP) is 2.35. The molecule has 2 nitrogen and oxygen atoms in total. The van der Waals surface area contributed by atoms with Crippen molar-refractivity contribution in [3.05, 3.63) is 33.8 Å². The molecule has 0 saturated heterocycles. The zero-order chi connectivity index (χ0) is 10.0. The molecule has 0 amide bonds. The second kappa shape index (κ2) is 3.83. The van der Waals surface area contributed by atoms with Crippen molar-refractivity contribution in [3.8, 4) is 0 Å². The first-order chi connectivity index (χ1) is 6.02. The van der Waals surface area contributed by atoms with Gasteiger partial charge in [0.05, 0.1) is 10.9 Å². The Bertz CT molecular complexity index is 352. The summed E-state index contributed by atoms with van der Waals surface area (Å²) in [7, 11) is 0. The number of aliphatic carboxylic acids is 1. The fourth-order valence-electron chi connectivity index (χ4n) is 0.865. The topological polar surface area (TPSA) is 37.3 Å². The number of rotatable bonds is 2. The average Bonchev–Trinajstić information content (AvgIpc) is 2.06. The Kier molecular flexibility index (Phi) is 2.98. The van der Waals surface area contributed by atoms with Crippen molar-refractivity contribution in [2.24, 2.45) is 0 Å². The lowest BCUT2D eigenvalue weighted by molar-refractivity contribution is -0.136. The second-order valence-electron chi connectivity index (χ2n) is 2.40. The Hall–Kier alpha value is -0.970. The average molecular weight is 251 g/mol. The first-order valence-corrected chi connectivity index (χ1v) is 4.16. The fraction of sp³-hybridized carbons (Fsp3) is 0.125. The quantitative estimate of drug-likeness (QED) is 0.819. The van der Waals surface area contributed by atoms with Crippen LogP contribution in [0.2, 0.25) is 0 Å². The second-order valence-corrected chi connectivity index (χ2v) is 3.20. The number of carbonyl (C=O) groups is 1. The van der Waals surface area contributed by atoms with Gasteiger partial charge in [-0.3, -0.25) is 4.79 Å². The molecule has 1 N–H and O–H groups in total. The fourth-order valence-corrected chi connectivity index (χ4v) is 1.25. The van der Waals surface area contributed by atoms with Gasteiger partial charge in [0.15, 0.2) is 0 Å². The molecule has 0 aliphatic carbocycles. The third-order valence-electron chi connectivity index (χ3n) is 1.46. The van der Waals surface area contributed by atoms with Gasteiger partial charge in [0.1, 0.15) is 11.6 Å². The molecule has 0 heterocycles. The number of carboxylic acids is 1. The van der Waals surface area contributed by atoms with Gasteiger partial charge in [-0.1, -0.05) is 6.07 Å². The van der Waals surface area contributed by atoms with Crippen LogP contribution in [0, 0.1) is 11.6 Å². The summed E-state index contributed by atoms with van der Waals surface area (Å²) < 4.78 is 25.4. The molecule has 70 valence electrons. The molecule has 1 aromatic carbocycles. The molecule has 0 aromatic heterocycles. The van der Waals surface area contributed by atoms with Crippen LogP contribution in [0.15, 0.2) is 16.6 Å². The summed E-state index contributed by atoms with van der Waals surface area (Å²) in [5, 5.41) is 8.38. The van der Waals surface area contributed by atoms with Crippen LogP contribution in [-0.2, 0) is 11.2 Å². The normalized spacial score (nSPS) is 10.1. The van der Waals surface area contributed by atoms with Crippen molar-refractivity contribution in [2.75, 3.05) is 0 Å². The van der Waals surface area contributed by atoms with Gasteiger partial charge in [0.2, 0.25) is 0 Å². The highest BCUT2D eigenvalue weighted by molar-refractivity contribution is 9.10. The molecule has 13 heavy (non-hydrogen) atoms. The van der Waals surface area contributed by atoms with E-state index in [0.717, 1.165) is 12.1 Å². The maximum absolute atomic E-state index is 13.1. The molecule has 1 aromatic rings. The van der Waals surface area contributed by atoms with Crippen LogP contribution in [0.5, 0.6) is 0 Å². The molecular formula is C8H5BrF2O2. The van der Waals surface area contributed by atoms with E-state index in [-0.39, 0.29) is 10.0 Å². The number of halogens is 3. The molecule has 0 radical (unpaired) electrons. The molecular weight excluding hydrogens is 246 g/mol. The number of hydrogen-bond donors (Lipinski definition) is 1. The zero-order valence-electron chi connectivity index (χ0n) is 6.35. The predicted molar refractivity (Wildman–Crippen MR) is 45.4 cm³/mol. The van der Waals surface area contributed by atoms with Gasteiger partial charge in [-0.2, -0.15) is 0 Å². The van der Waals surface area contributed by atoms with Crippen LogP contribution in [0.4, 0.5) is 8.78 Å². The summed E-state index contributed by atoms with van der Waals surface area (Å²) in [5.41, 5.74) is -0.0409. The Morgan fingerprint density at radius 3 is 2.62 bits per heavy atom. The smallest absolute Gasteiger partial charge is 0.307 e. The van der Waals surface area contributed by atoms with Gasteiger partial charge in [0.25, 0.3) is 0 Å². The summed E-state index contributed by atoms with van der Waals surface area (Å²) in [4.78, 5) is 10.2. The van der Waals surface area contributed by atoms with E-state index >= 15 is 0 Å². The van der Waals surface area contributed by atoms with Gasteiger partial charge in [-0.15, -0.1) is 0 Å². The van der Waals surface area contributed by atoms with E-state index in [0.29, 0.717) is 0 Å². The summed E-state index contributed by atoms with van der Waals surface area (Å²) in [6.45, 7) is 0. The number of carboxylic acid groups (broad SMARTS) is 1. The number of benzene rings is 1. The third kappa shape index (κ3) is 2.24. The Morgan fingerprint density at radius 2 is 2.08 bits per heavy atom. The lowest BCUT2D eigenvalue weighted by Gasteiger charge is -2.02. The highest BCUT2D eigenvalue weighted by atomic mass is 79.9. The molecule has 0 bridgehead atoms. The molecule has 0 saturated carbocycles. The van der Waals surface area contributed by atoms with E-state index < -0.39 is 24.0 Å². The zero-order valence-corrected chi connectivity index (χ0v) is 7.94. The minimum atomic E-state index is -1.16. The number of hydrogen-bond acceptors (Lipinski definition) is 1. The lowest BCUT2D eigenvalue weighted by atomic mass is 10.1. The van der Waals surface area contributed by atoms with Crippen molar-refractivity contribution in [1.29, 1.82) is 0 Å². The van der Waals surface area contributed by atoms with E-state index in [9.17, 15) is 13.6 Å². The molecule has 0 unspecified atom stereocenters. The first-order valence-electron chi connectivity index (χ1n) is 3.36. The van der Waals surface area contributed by atoms with Crippen LogP contribution in [0.1, 0.15) is 5.56 Å². The SMILES string of the molecule is O=C(O)Cc1ccc(F)c(Br)c1F. The molecule has 0 atom stereocenters. The van der Waals surface area contributed by atoms with E-state index in [1.54, 1.807) is 0 Å². The monoisotopic (exact) mass is 250 g/mol. The Morgan fingerprint density at radius 1 is 1.46 bits per heavy atom. The highest BCUT2D eigenvalue weighted by Gasteiger charge is 2.12. The van der Waals surface area contributed by atoms with Gasteiger partial charge < -0.3 is 5.11 Å². The summed E-state index contributed by atoms with van der Waals surface area (Å²) in [6, 6.07) is 2.13. The van der Waals surface area contributed by atoms with Crippen LogP contribution >= 0.6 is 15.9 Å². The summed E-state index contributed by atoms with van der Waals surface area (Å²) in [6.07, 6.45) is -0.454. The van der Waals surface area contributed by atoms with Crippen molar-refractivity contribution in [3.63, 3.8) is 0 Å². The highest BCUT2D eigenvalue weighted by Crippen LogP contribution is 2.22. The van der Waals surface area contributed by atoms with Gasteiger partial charge in [0, 0.05) is 5.56 Å². The largest absolute Gasteiger partial charge is 0.481 e.